The van der Waals surface area contributed by atoms with Crippen LogP contribution in [0.5, 0.6) is 0 Å². The number of hydrogen-bond acceptors (Lipinski definition) is 3. The molecule has 0 aromatic carbocycles. The largest absolute Gasteiger partial charge is 0.384 e. The molecule has 20 heavy (non-hydrogen) atoms. The first kappa shape index (κ1) is 17.4. The summed E-state index contributed by atoms with van der Waals surface area (Å²) >= 11 is 0. The minimum atomic E-state index is -0.335. The van der Waals surface area contributed by atoms with Gasteiger partial charge in [-0.2, -0.15) is 0 Å². The number of carbonyl (C=O) groups excluding carboxylic acids is 1. The van der Waals surface area contributed by atoms with Crippen molar-refractivity contribution in [3.8, 4) is 0 Å². The van der Waals surface area contributed by atoms with E-state index in [0.29, 0.717) is 12.5 Å². The van der Waals surface area contributed by atoms with E-state index in [0.717, 1.165) is 58.2 Å². The molecule has 1 heterocycles. The molecule has 1 fully saturated rings. The number of ether oxygens (including phenoxy) is 1. The second-order valence-corrected chi connectivity index (χ2v) is 6.20. The van der Waals surface area contributed by atoms with E-state index in [4.69, 9.17) is 10.5 Å². The highest BCUT2D eigenvalue weighted by molar-refractivity contribution is 5.83. The summed E-state index contributed by atoms with van der Waals surface area (Å²) in [6.07, 6.45) is 6.08. The molecular formula is C16H32N2O2. The Morgan fingerprint density at radius 1 is 1.35 bits per heavy atom. The first-order valence-corrected chi connectivity index (χ1v) is 8.11. The van der Waals surface area contributed by atoms with E-state index in [9.17, 15) is 4.79 Å². The zero-order chi connectivity index (χ0) is 15.0. The zero-order valence-corrected chi connectivity index (χ0v) is 13.5. The van der Waals surface area contributed by atoms with Crippen LogP contribution in [0.2, 0.25) is 0 Å². The number of likely N-dealkylation sites (tertiary alicyclic amines) is 1. The Kier molecular flexibility index (Phi) is 7.52. The minimum absolute atomic E-state index is 0.282. The lowest BCUT2D eigenvalue weighted by atomic mass is 9.77. The third-order valence-electron chi connectivity index (χ3n) is 4.51. The summed E-state index contributed by atoms with van der Waals surface area (Å²) in [7, 11) is 1.74. The summed E-state index contributed by atoms with van der Waals surface area (Å²) in [5.41, 5.74) is 5.67. The van der Waals surface area contributed by atoms with E-state index in [-0.39, 0.29) is 11.3 Å². The highest BCUT2D eigenvalue weighted by Crippen LogP contribution is 2.33. The van der Waals surface area contributed by atoms with Crippen LogP contribution in [0.15, 0.2) is 0 Å². The molecule has 4 nitrogen and oxygen atoms in total. The number of methoxy groups -OCH3 is 1. The van der Waals surface area contributed by atoms with Gasteiger partial charge in [-0.25, -0.2) is 0 Å². The van der Waals surface area contributed by atoms with E-state index in [1.165, 1.54) is 0 Å². The van der Waals surface area contributed by atoms with Crippen LogP contribution in [-0.2, 0) is 9.53 Å². The van der Waals surface area contributed by atoms with Crippen LogP contribution in [0.1, 0.15) is 52.4 Å². The summed E-state index contributed by atoms with van der Waals surface area (Å²) in [6.45, 7) is 7.21. The van der Waals surface area contributed by atoms with Crippen LogP contribution in [0.4, 0.5) is 0 Å². The molecule has 1 amide bonds. The van der Waals surface area contributed by atoms with Gasteiger partial charge in [0.25, 0.3) is 0 Å². The minimum Gasteiger partial charge on any atom is -0.384 e. The van der Waals surface area contributed by atoms with Crippen LogP contribution in [0.25, 0.3) is 0 Å². The van der Waals surface area contributed by atoms with Gasteiger partial charge < -0.3 is 15.4 Å². The Hall–Kier alpha value is -0.610. The predicted octanol–water partition coefficient (Wildman–Crippen LogP) is 2.42. The summed E-state index contributed by atoms with van der Waals surface area (Å²) < 4.78 is 5.25. The molecule has 1 saturated heterocycles. The topological polar surface area (TPSA) is 55.6 Å². The molecule has 118 valence electrons. The number of rotatable bonds is 8. The lowest BCUT2D eigenvalue weighted by Crippen LogP contribution is -2.51. The second-order valence-electron chi connectivity index (χ2n) is 6.20. The number of hydrogen-bond donors (Lipinski definition) is 1. The average molecular weight is 284 g/mol. The Morgan fingerprint density at radius 3 is 2.50 bits per heavy atom. The standard InChI is InChI=1S/C16H32N2O2/c1-4-8-16(13-17,9-5-2)15(19)18-10-6-7-14(11-18)12-20-3/h14H,4-13,17H2,1-3H3. The number of piperidine rings is 1. The van der Waals surface area contributed by atoms with Gasteiger partial charge in [0, 0.05) is 26.7 Å². The lowest BCUT2D eigenvalue weighted by molar-refractivity contribution is -0.145. The average Bonchev–Trinajstić information content (AvgIpc) is 2.47. The van der Waals surface area contributed by atoms with Crippen molar-refractivity contribution in [2.24, 2.45) is 17.1 Å². The van der Waals surface area contributed by atoms with E-state index in [2.05, 4.69) is 13.8 Å². The molecule has 0 saturated carbocycles. The normalized spacial score (nSPS) is 20.2. The fourth-order valence-electron chi connectivity index (χ4n) is 3.54. The van der Waals surface area contributed by atoms with Gasteiger partial charge in [-0.1, -0.05) is 26.7 Å². The Balaban J connectivity index is 2.77. The lowest BCUT2D eigenvalue weighted by Gasteiger charge is -2.40. The Morgan fingerprint density at radius 2 is 2.00 bits per heavy atom. The molecule has 1 atom stereocenters. The molecule has 0 bridgehead atoms. The Labute approximate surface area is 124 Å². The van der Waals surface area contributed by atoms with Crippen LogP contribution < -0.4 is 5.73 Å². The summed E-state index contributed by atoms with van der Waals surface area (Å²) in [4.78, 5) is 15.0. The van der Waals surface area contributed by atoms with Crippen molar-refractivity contribution in [3.63, 3.8) is 0 Å². The van der Waals surface area contributed by atoms with Crippen LogP contribution >= 0.6 is 0 Å². The Bertz CT molecular complexity index is 286. The van der Waals surface area contributed by atoms with E-state index < -0.39 is 0 Å². The third kappa shape index (κ3) is 4.19. The molecule has 0 aromatic rings. The highest BCUT2D eigenvalue weighted by Gasteiger charge is 2.39. The molecule has 1 unspecified atom stereocenters. The van der Waals surface area contributed by atoms with Crippen molar-refractivity contribution in [2.45, 2.75) is 52.4 Å². The molecule has 1 rings (SSSR count). The fourth-order valence-corrected chi connectivity index (χ4v) is 3.54. The maximum atomic E-state index is 13.0. The molecule has 0 radical (unpaired) electrons. The third-order valence-corrected chi connectivity index (χ3v) is 4.51. The van der Waals surface area contributed by atoms with Gasteiger partial charge in [0.15, 0.2) is 0 Å². The van der Waals surface area contributed by atoms with E-state index >= 15 is 0 Å². The smallest absolute Gasteiger partial charge is 0.230 e. The highest BCUT2D eigenvalue weighted by atomic mass is 16.5. The van der Waals surface area contributed by atoms with Crippen molar-refractivity contribution < 1.29 is 9.53 Å². The summed E-state index contributed by atoms with van der Waals surface area (Å²) in [6, 6.07) is 0. The van der Waals surface area contributed by atoms with Gasteiger partial charge in [-0.3, -0.25) is 4.79 Å². The van der Waals surface area contributed by atoms with E-state index in [1.54, 1.807) is 7.11 Å². The first-order valence-electron chi connectivity index (χ1n) is 8.11. The van der Waals surface area contributed by atoms with Crippen LogP contribution in [0.3, 0.4) is 0 Å². The van der Waals surface area contributed by atoms with Gasteiger partial charge in [-0.15, -0.1) is 0 Å². The summed E-state index contributed by atoms with van der Waals surface area (Å²) in [5, 5.41) is 0. The van der Waals surface area contributed by atoms with Gasteiger partial charge in [0.05, 0.1) is 12.0 Å². The number of amides is 1. The van der Waals surface area contributed by atoms with Crippen LogP contribution in [0, 0.1) is 11.3 Å². The molecular weight excluding hydrogens is 252 g/mol. The van der Waals surface area contributed by atoms with Crippen molar-refractivity contribution in [2.75, 3.05) is 33.4 Å². The SMILES string of the molecule is CCCC(CN)(CCC)C(=O)N1CCCC(COC)C1. The second kappa shape index (κ2) is 8.63. The van der Waals surface area contributed by atoms with Crippen molar-refractivity contribution in [1.82, 2.24) is 4.90 Å². The van der Waals surface area contributed by atoms with Crippen molar-refractivity contribution >= 4 is 5.91 Å². The molecule has 1 aliphatic heterocycles. The first-order chi connectivity index (χ1) is 9.63. The maximum absolute atomic E-state index is 13.0. The predicted molar refractivity (Wildman–Crippen MR) is 82.5 cm³/mol. The van der Waals surface area contributed by atoms with Crippen molar-refractivity contribution in [3.05, 3.63) is 0 Å². The fraction of sp³-hybridized carbons (Fsp3) is 0.938. The van der Waals surface area contributed by atoms with Crippen molar-refractivity contribution in [1.29, 1.82) is 0 Å². The summed E-state index contributed by atoms with van der Waals surface area (Å²) in [5.74, 6) is 0.765. The molecule has 0 aromatic heterocycles. The molecule has 0 aliphatic carbocycles. The van der Waals surface area contributed by atoms with Gasteiger partial charge in [-0.05, 0) is 31.6 Å². The number of carbonyl (C=O) groups is 1. The zero-order valence-electron chi connectivity index (χ0n) is 13.5. The maximum Gasteiger partial charge on any atom is 0.230 e. The monoisotopic (exact) mass is 284 g/mol. The van der Waals surface area contributed by atoms with E-state index in [1.807, 2.05) is 4.90 Å². The quantitative estimate of drug-likeness (QED) is 0.744. The number of nitrogens with zero attached hydrogens (tertiary/aromatic N) is 1. The molecule has 0 spiro atoms. The molecule has 1 aliphatic rings. The van der Waals surface area contributed by atoms with Gasteiger partial charge >= 0.3 is 0 Å². The molecule has 4 heteroatoms. The van der Waals surface area contributed by atoms with Gasteiger partial charge in [0.1, 0.15) is 0 Å². The van der Waals surface area contributed by atoms with Gasteiger partial charge in [0.2, 0.25) is 5.91 Å². The van der Waals surface area contributed by atoms with Crippen LogP contribution in [-0.4, -0.2) is 44.2 Å². The molecule has 2 N–H and O–H groups in total. The number of nitrogens with two attached hydrogens (primary N) is 1.